The molecule has 0 radical (unpaired) electrons. The summed E-state index contributed by atoms with van der Waals surface area (Å²) >= 11 is 0. The van der Waals surface area contributed by atoms with E-state index >= 15 is 0 Å². The Bertz CT molecular complexity index is 888. The number of hydrazine groups is 2. The molecule has 4 rings (SSSR count). The minimum Gasteiger partial charge on any atom is -0.283 e. The summed E-state index contributed by atoms with van der Waals surface area (Å²) in [4.78, 5) is 4.31. The summed E-state index contributed by atoms with van der Waals surface area (Å²) in [6.07, 6.45) is 1.71. The molecule has 3 aromatic rings. The van der Waals surface area contributed by atoms with Crippen molar-refractivity contribution in [3.63, 3.8) is 0 Å². The van der Waals surface area contributed by atoms with Crippen molar-refractivity contribution >= 4 is 5.84 Å². The quantitative estimate of drug-likeness (QED) is 0.676. The fourth-order valence-corrected chi connectivity index (χ4v) is 2.48. The summed E-state index contributed by atoms with van der Waals surface area (Å²) in [6.45, 7) is 0.287. The van der Waals surface area contributed by atoms with E-state index in [1.54, 1.807) is 29.1 Å². The molecule has 0 atom stereocenters. The number of benzene rings is 1. The first-order chi connectivity index (χ1) is 11.8. The van der Waals surface area contributed by atoms with Gasteiger partial charge in [0.15, 0.2) is 5.84 Å². The van der Waals surface area contributed by atoms with Crippen LogP contribution in [0.1, 0.15) is 11.3 Å². The minimum absolute atomic E-state index is 0.268. The van der Waals surface area contributed by atoms with Gasteiger partial charge in [0.2, 0.25) is 0 Å². The summed E-state index contributed by atoms with van der Waals surface area (Å²) in [5.41, 5.74) is 10.9. The van der Waals surface area contributed by atoms with E-state index in [0.717, 1.165) is 11.4 Å². The number of amidine groups is 1. The third-order valence-electron chi connectivity index (χ3n) is 3.63. The number of pyridine rings is 1. The summed E-state index contributed by atoms with van der Waals surface area (Å²) in [5.74, 6) is 0.303. The van der Waals surface area contributed by atoms with Crippen LogP contribution in [0.4, 0.5) is 4.39 Å². The summed E-state index contributed by atoms with van der Waals surface area (Å²) in [7, 11) is 0. The number of halogens is 1. The Morgan fingerprint density at radius 3 is 2.67 bits per heavy atom. The number of hydrogen-bond acceptors (Lipinski definition) is 6. The average molecular weight is 323 g/mol. The van der Waals surface area contributed by atoms with Crippen LogP contribution in [-0.2, 0) is 6.54 Å². The maximum absolute atomic E-state index is 14.0. The first-order valence-electron chi connectivity index (χ1n) is 7.38. The van der Waals surface area contributed by atoms with Crippen LogP contribution in [0.3, 0.4) is 0 Å². The summed E-state index contributed by atoms with van der Waals surface area (Å²) < 4.78 is 15.7. The van der Waals surface area contributed by atoms with Crippen molar-refractivity contribution < 1.29 is 4.39 Å². The Morgan fingerprint density at radius 2 is 1.92 bits per heavy atom. The maximum Gasteiger partial charge on any atom is 0.188 e. The molecular formula is C16H14FN7. The molecule has 0 aliphatic carbocycles. The first-order valence-corrected chi connectivity index (χ1v) is 7.38. The lowest BCUT2D eigenvalue weighted by molar-refractivity contribution is 0.574. The molecule has 1 aliphatic heterocycles. The normalized spacial score (nSPS) is 13.3. The monoisotopic (exact) mass is 323 g/mol. The Hall–Kier alpha value is -3.26. The van der Waals surface area contributed by atoms with Gasteiger partial charge in [-0.1, -0.05) is 24.3 Å². The number of rotatable bonds is 4. The first kappa shape index (κ1) is 14.3. The van der Waals surface area contributed by atoms with E-state index in [0.29, 0.717) is 17.1 Å². The summed E-state index contributed by atoms with van der Waals surface area (Å²) in [5, 5.41) is 8.68. The van der Waals surface area contributed by atoms with E-state index in [1.165, 1.54) is 6.07 Å². The van der Waals surface area contributed by atoms with Crippen LogP contribution >= 0.6 is 0 Å². The molecule has 0 unspecified atom stereocenters. The zero-order valence-corrected chi connectivity index (χ0v) is 12.6. The standard InChI is InChI=1S/C16H14FN7/c17-12-6-2-1-5-11(12)10-24-15(16-19-22-23-20-16)9-14(21-24)13-7-3-4-8-18-13/h1-9,22-23H,10H2,(H,19,20). The molecule has 0 amide bonds. The highest BCUT2D eigenvalue weighted by Crippen LogP contribution is 2.19. The van der Waals surface area contributed by atoms with Gasteiger partial charge in [-0.2, -0.15) is 5.10 Å². The van der Waals surface area contributed by atoms with Crippen molar-refractivity contribution in [2.24, 2.45) is 5.10 Å². The molecule has 0 fully saturated rings. The zero-order valence-electron chi connectivity index (χ0n) is 12.6. The van der Waals surface area contributed by atoms with Crippen LogP contribution in [-0.4, -0.2) is 20.6 Å². The lowest BCUT2D eigenvalue weighted by Crippen LogP contribution is -2.36. The van der Waals surface area contributed by atoms with Gasteiger partial charge >= 0.3 is 0 Å². The van der Waals surface area contributed by atoms with Crippen molar-refractivity contribution in [2.45, 2.75) is 6.54 Å². The van der Waals surface area contributed by atoms with Crippen LogP contribution in [0.15, 0.2) is 59.8 Å². The van der Waals surface area contributed by atoms with Gasteiger partial charge in [0.05, 0.1) is 12.2 Å². The minimum atomic E-state index is -0.268. The van der Waals surface area contributed by atoms with E-state index in [2.05, 4.69) is 31.7 Å². The number of nitrogens with zero attached hydrogens (tertiary/aromatic N) is 4. The Balaban J connectivity index is 1.76. The van der Waals surface area contributed by atoms with Gasteiger partial charge in [-0.25, -0.2) is 9.93 Å². The fourth-order valence-electron chi connectivity index (χ4n) is 2.48. The molecule has 1 aliphatic rings. The molecule has 0 bridgehead atoms. The molecule has 0 saturated carbocycles. The smallest absolute Gasteiger partial charge is 0.188 e. The second kappa shape index (κ2) is 6.09. The lowest BCUT2D eigenvalue weighted by atomic mass is 10.2. The van der Waals surface area contributed by atoms with E-state index < -0.39 is 0 Å². The van der Waals surface area contributed by atoms with Crippen molar-refractivity contribution in [2.75, 3.05) is 0 Å². The van der Waals surface area contributed by atoms with Crippen LogP contribution < -0.4 is 16.5 Å². The van der Waals surface area contributed by atoms with Crippen LogP contribution in [0.25, 0.3) is 11.4 Å². The van der Waals surface area contributed by atoms with E-state index in [9.17, 15) is 4.39 Å². The van der Waals surface area contributed by atoms with Crippen molar-refractivity contribution in [3.05, 3.63) is 71.8 Å². The maximum atomic E-state index is 14.0. The highest BCUT2D eigenvalue weighted by Gasteiger charge is 2.18. The van der Waals surface area contributed by atoms with E-state index in [1.807, 2.05) is 24.3 Å². The third kappa shape index (κ3) is 2.70. The molecule has 7 nitrogen and oxygen atoms in total. The molecule has 24 heavy (non-hydrogen) atoms. The second-order valence-corrected chi connectivity index (χ2v) is 5.20. The molecular weight excluding hydrogens is 309 g/mol. The van der Waals surface area contributed by atoms with Crippen molar-refractivity contribution in [1.29, 1.82) is 0 Å². The van der Waals surface area contributed by atoms with Gasteiger partial charge in [-0.05, 0) is 24.3 Å². The van der Waals surface area contributed by atoms with Gasteiger partial charge in [0, 0.05) is 11.8 Å². The third-order valence-corrected chi connectivity index (χ3v) is 3.63. The highest BCUT2D eigenvalue weighted by atomic mass is 19.1. The van der Waals surface area contributed by atoms with Crippen molar-refractivity contribution in [1.82, 2.24) is 31.3 Å². The molecule has 3 N–H and O–H groups in total. The predicted molar refractivity (Wildman–Crippen MR) is 86.9 cm³/mol. The molecule has 8 heteroatoms. The fraction of sp³-hybridized carbons (Fsp3) is 0.0625. The highest BCUT2D eigenvalue weighted by molar-refractivity contribution is 5.98. The van der Waals surface area contributed by atoms with Crippen LogP contribution in [0, 0.1) is 5.82 Å². The topological polar surface area (TPSA) is 79.2 Å². The Labute approximate surface area is 137 Å². The number of aromatic nitrogens is 3. The van der Waals surface area contributed by atoms with Gasteiger partial charge < -0.3 is 0 Å². The summed E-state index contributed by atoms with van der Waals surface area (Å²) in [6, 6.07) is 14.1. The van der Waals surface area contributed by atoms with E-state index in [4.69, 9.17) is 0 Å². The lowest BCUT2D eigenvalue weighted by Gasteiger charge is -2.07. The molecule has 2 aromatic heterocycles. The second-order valence-electron chi connectivity index (χ2n) is 5.20. The number of hydrazone groups is 1. The van der Waals surface area contributed by atoms with Gasteiger partial charge in [0.1, 0.15) is 17.2 Å². The molecule has 0 saturated heterocycles. The Kier molecular flexibility index (Phi) is 3.64. The number of nitrogens with one attached hydrogen (secondary N) is 3. The van der Waals surface area contributed by atoms with E-state index in [-0.39, 0.29) is 12.4 Å². The molecule has 1 aromatic carbocycles. The van der Waals surface area contributed by atoms with Crippen molar-refractivity contribution in [3.8, 4) is 11.4 Å². The Morgan fingerprint density at radius 1 is 1.04 bits per heavy atom. The number of hydrogen-bond donors (Lipinski definition) is 3. The van der Waals surface area contributed by atoms with Crippen LogP contribution in [0.5, 0.6) is 0 Å². The average Bonchev–Trinajstić information content (AvgIpc) is 3.27. The van der Waals surface area contributed by atoms with Gasteiger partial charge in [-0.15, -0.1) is 10.6 Å². The molecule has 0 spiro atoms. The van der Waals surface area contributed by atoms with Gasteiger partial charge in [0.25, 0.3) is 0 Å². The zero-order chi connectivity index (χ0) is 16.4. The SMILES string of the molecule is Fc1ccccc1Cn1nc(-c2ccccn2)cc1C1=NNNN1. The largest absolute Gasteiger partial charge is 0.283 e. The van der Waals surface area contributed by atoms with Crippen LogP contribution in [0.2, 0.25) is 0 Å². The predicted octanol–water partition coefficient (Wildman–Crippen LogP) is 1.41. The van der Waals surface area contributed by atoms with Gasteiger partial charge in [-0.3, -0.25) is 15.1 Å². The molecule has 120 valence electrons. The molecule has 3 heterocycles.